The Balaban J connectivity index is 2.24. The first kappa shape index (κ1) is 7.10. The van der Waals surface area contributed by atoms with Crippen LogP contribution in [0.4, 0.5) is 0 Å². The van der Waals surface area contributed by atoms with Gasteiger partial charge in [0.1, 0.15) is 0 Å². The molecule has 3 unspecified atom stereocenters. The maximum atomic E-state index is 10.9. The fourth-order valence-corrected chi connectivity index (χ4v) is 2.15. The molecule has 11 heavy (non-hydrogen) atoms. The van der Waals surface area contributed by atoms with Gasteiger partial charge in [0, 0.05) is 18.8 Å². The van der Waals surface area contributed by atoms with E-state index in [0.717, 1.165) is 6.42 Å². The third-order valence-corrected chi connectivity index (χ3v) is 2.78. The van der Waals surface area contributed by atoms with Crippen LogP contribution < -0.4 is 0 Å². The summed E-state index contributed by atoms with van der Waals surface area (Å²) in [5, 5.41) is 9.72. The summed E-state index contributed by atoms with van der Waals surface area (Å²) in [5.74, 6) is -0.900. The minimum atomic E-state index is -1.12. The average molecular weight is 156 g/mol. The quantitative estimate of drug-likeness (QED) is 0.524. The Morgan fingerprint density at radius 3 is 3.09 bits per heavy atom. The van der Waals surface area contributed by atoms with E-state index >= 15 is 0 Å². The highest BCUT2D eigenvalue weighted by Gasteiger charge is 2.51. The largest absolute Gasteiger partial charge is 0.433 e. The standard InChI is InChI=1S/C8H12O3/c1-5-2-6-3-7(9)11-8(5,10)4-6/h5-6,10H,2-4H2,1H3. The molecule has 2 bridgehead atoms. The van der Waals surface area contributed by atoms with Crippen LogP contribution in [-0.2, 0) is 9.53 Å². The lowest BCUT2D eigenvalue weighted by atomic mass is 10.0. The van der Waals surface area contributed by atoms with E-state index in [-0.39, 0.29) is 11.9 Å². The zero-order valence-electron chi connectivity index (χ0n) is 6.54. The van der Waals surface area contributed by atoms with Gasteiger partial charge in [-0.15, -0.1) is 0 Å². The van der Waals surface area contributed by atoms with E-state index in [1.807, 2.05) is 6.92 Å². The second-order valence-electron chi connectivity index (χ2n) is 3.73. The summed E-state index contributed by atoms with van der Waals surface area (Å²) < 4.78 is 4.89. The molecule has 1 N–H and O–H groups in total. The third kappa shape index (κ3) is 0.948. The second-order valence-corrected chi connectivity index (χ2v) is 3.73. The Hall–Kier alpha value is -0.570. The average Bonchev–Trinajstić information content (AvgIpc) is 2.02. The Morgan fingerprint density at radius 1 is 1.73 bits per heavy atom. The number of carbonyl (C=O) groups is 1. The van der Waals surface area contributed by atoms with Crippen LogP contribution >= 0.6 is 0 Å². The Morgan fingerprint density at radius 2 is 2.45 bits per heavy atom. The first-order valence-electron chi connectivity index (χ1n) is 4.04. The molecule has 3 atom stereocenters. The van der Waals surface area contributed by atoms with Gasteiger partial charge in [0.2, 0.25) is 5.79 Å². The molecule has 0 aromatic rings. The molecule has 0 radical (unpaired) electrons. The molecule has 0 spiro atoms. The Labute approximate surface area is 65.4 Å². The Bertz CT molecular complexity index is 202. The maximum Gasteiger partial charge on any atom is 0.308 e. The van der Waals surface area contributed by atoms with E-state index in [1.54, 1.807) is 0 Å². The first-order chi connectivity index (χ1) is 5.10. The zero-order chi connectivity index (χ0) is 8.06. The fraction of sp³-hybridized carbons (Fsp3) is 0.875. The van der Waals surface area contributed by atoms with E-state index in [4.69, 9.17) is 4.74 Å². The van der Waals surface area contributed by atoms with Gasteiger partial charge in [-0.05, 0) is 12.3 Å². The highest BCUT2D eigenvalue weighted by molar-refractivity contribution is 5.71. The van der Waals surface area contributed by atoms with Crippen molar-refractivity contribution in [1.82, 2.24) is 0 Å². The van der Waals surface area contributed by atoms with E-state index in [0.29, 0.717) is 18.8 Å². The summed E-state index contributed by atoms with van der Waals surface area (Å²) >= 11 is 0. The molecule has 62 valence electrons. The van der Waals surface area contributed by atoms with Crippen LogP contribution in [0.2, 0.25) is 0 Å². The molecule has 0 aromatic carbocycles. The SMILES string of the molecule is CC1CC2CC(=O)OC1(O)C2. The van der Waals surface area contributed by atoms with Crippen LogP contribution in [0.25, 0.3) is 0 Å². The van der Waals surface area contributed by atoms with Crippen molar-refractivity contribution < 1.29 is 14.6 Å². The molecular formula is C8H12O3. The van der Waals surface area contributed by atoms with Crippen molar-refractivity contribution in [1.29, 1.82) is 0 Å². The summed E-state index contributed by atoms with van der Waals surface area (Å²) in [4.78, 5) is 10.9. The summed E-state index contributed by atoms with van der Waals surface area (Å²) in [5.41, 5.74) is 0. The number of esters is 1. The minimum Gasteiger partial charge on any atom is -0.433 e. The lowest BCUT2D eigenvalue weighted by Gasteiger charge is -2.29. The van der Waals surface area contributed by atoms with E-state index in [1.165, 1.54) is 0 Å². The van der Waals surface area contributed by atoms with Crippen LogP contribution in [0, 0.1) is 11.8 Å². The summed E-state index contributed by atoms with van der Waals surface area (Å²) in [7, 11) is 0. The van der Waals surface area contributed by atoms with Crippen LogP contribution in [0.1, 0.15) is 26.2 Å². The maximum absolute atomic E-state index is 10.9. The van der Waals surface area contributed by atoms with Gasteiger partial charge >= 0.3 is 5.97 Å². The molecule has 0 amide bonds. The van der Waals surface area contributed by atoms with Crippen molar-refractivity contribution in [2.24, 2.45) is 11.8 Å². The Kier molecular flexibility index (Phi) is 1.27. The minimum absolute atomic E-state index is 0.110. The zero-order valence-corrected chi connectivity index (χ0v) is 6.54. The number of rotatable bonds is 0. The van der Waals surface area contributed by atoms with Crippen molar-refractivity contribution in [3.05, 3.63) is 0 Å². The summed E-state index contributed by atoms with van der Waals surface area (Å²) in [6, 6.07) is 0. The second kappa shape index (κ2) is 1.97. The molecule has 3 heteroatoms. The smallest absolute Gasteiger partial charge is 0.308 e. The normalized spacial score (nSPS) is 49.1. The predicted octanol–water partition coefficient (Wildman–Crippen LogP) is 0.668. The molecule has 1 aliphatic heterocycles. The van der Waals surface area contributed by atoms with Gasteiger partial charge in [-0.25, -0.2) is 0 Å². The van der Waals surface area contributed by atoms with Crippen LogP contribution in [0.5, 0.6) is 0 Å². The first-order valence-corrected chi connectivity index (χ1v) is 4.04. The van der Waals surface area contributed by atoms with Crippen molar-refractivity contribution in [2.75, 3.05) is 0 Å². The van der Waals surface area contributed by atoms with E-state index in [9.17, 15) is 9.90 Å². The predicted molar refractivity (Wildman–Crippen MR) is 37.5 cm³/mol. The molecule has 1 heterocycles. The number of ether oxygens (including phenoxy) is 1. The van der Waals surface area contributed by atoms with Crippen LogP contribution in [0.15, 0.2) is 0 Å². The number of hydrogen-bond donors (Lipinski definition) is 1. The topological polar surface area (TPSA) is 46.5 Å². The van der Waals surface area contributed by atoms with Gasteiger partial charge in [0.05, 0.1) is 0 Å². The van der Waals surface area contributed by atoms with Crippen molar-refractivity contribution in [3.8, 4) is 0 Å². The molecule has 2 rings (SSSR count). The van der Waals surface area contributed by atoms with Crippen molar-refractivity contribution >= 4 is 5.97 Å². The fourth-order valence-electron chi connectivity index (χ4n) is 2.15. The molecular weight excluding hydrogens is 144 g/mol. The number of fused-ring (bicyclic) bond motifs is 2. The van der Waals surface area contributed by atoms with Gasteiger partial charge in [-0.1, -0.05) is 6.92 Å². The third-order valence-electron chi connectivity index (χ3n) is 2.78. The number of hydrogen-bond acceptors (Lipinski definition) is 3. The molecule has 3 nitrogen and oxygen atoms in total. The van der Waals surface area contributed by atoms with E-state index in [2.05, 4.69) is 0 Å². The molecule has 1 saturated heterocycles. The van der Waals surface area contributed by atoms with Crippen molar-refractivity contribution in [3.63, 3.8) is 0 Å². The molecule has 1 saturated carbocycles. The van der Waals surface area contributed by atoms with Crippen LogP contribution in [-0.4, -0.2) is 16.9 Å². The van der Waals surface area contributed by atoms with Gasteiger partial charge in [0.25, 0.3) is 0 Å². The molecule has 2 aliphatic rings. The van der Waals surface area contributed by atoms with Gasteiger partial charge < -0.3 is 9.84 Å². The molecule has 0 aromatic heterocycles. The van der Waals surface area contributed by atoms with E-state index < -0.39 is 5.79 Å². The molecule has 1 aliphatic carbocycles. The lowest BCUT2D eigenvalue weighted by molar-refractivity contribution is -0.229. The highest BCUT2D eigenvalue weighted by atomic mass is 16.7. The van der Waals surface area contributed by atoms with Crippen LogP contribution in [0.3, 0.4) is 0 Å². The summed E-state index contributed by atoms with van der Waals surface area (Å²) in [6.07, 6.45) is 2.05. The summed E-state index contributed by atoms with van der Waals surface area (Å²) in [6.45, 7) is 1.93. The number of aliphatic hydroxyl groups is 1. The van der Waals surface area contributed by atoms with Gasteiger partial charge in [-0.3, -0.25) is 4.79 Å². The van der Waals surface area contributed by atoms with Gasteiger partial charge in [0.15, 0.2) is 0 Å². The number of carbonyl (C=O) groups excluding carboxylic acids is 1. The highest BCUT2D eigenvalue weighted by Crippen LogP contribution is 2.45. The van der Waals surface area contributed by atoms with Gasteiger partial charge in [-0.2, -0.15) is 0 Å². The monoisotopic (exact) mass is 156 g/mol. The lowest BCUT2D eigenvalue weighted by Crippen LogP contribution is -2.39. The van der Waals surface area contributed by atoms with Crippen molar-refractivity contribution in [2.45, 2.75) is 32.0 Å². The molecule has 2 fully saturated rings.